The van der Waals surface area contributed by atoms with Crippen LogP contribution in [0.4, 0.5) is 10.5 Å². The van der Waals surface area contributed by atoms with Crippen LogP contribution in [0.25, 0.3) is 0 Å². The van der Waals surface area contributed by atoms with E-state index >= 15 is 0 Å². The Morgan fingerprint density at radius 3 is 2.72 bits per heavy atom. The average molecular weight is 251 g/mol. The third-order valence-electron chi connectivity index (χ3n) is 2.92. The standard InChI is InChI=1S/C13H17NO4/c1-17-7-6-10-2-4-11(5-3-10)14-8-12(9-15)18-13(14)16/h2-5,12,15H,6-9H2,1H3/t12-/m1/s1. The maximum atomic E-state index is 11.6. The lowest BCUT2D eigenvalue weighted by atomic mass is 10.1. The van der Waals surface area contributed by atoms with Gasteiger partial charge in [0.05, 0.1) is 19.8 Å². The van der Waals surface area contributed by atoms with E-state index in [2.05, 4.69) is 0 Å². The maximum Gasteiger partial charge on any atom is 0.414 e. The van der Waals surface area contributed by atoms with Crippen molar-refractivity contribution in [2.45, 2.75) is 12.5 Å². The molecule has 1 saturated heterocycles. The van der Waals surface area contributed by atoms with Crippen LogP contribution in [0.1, 0.15) is 5.56 Å². The van der Waals surface area contributed by atoms with Crippen LogP contribution in [-0.2, 0) is 15.9 Å². The average Bonchev–Trinajstić information content (AvgIpc) is 2.78. The normalized spacial score (nSPS) is 19.1. The number of amides is 1. The zero-order chi connectivity index (χ0) is 13.0. The number of hydrogen-bond donors (Lipinski definition) is 1. The second-order valence-corrected chi connectivity index (χ2v) is 4.21. The highest BCUT2D eigenvalue weighted by atomic mass is 16.6. The summed E-state index contributed by atoms with van der Waals surface area (Å²) in [6.07, 6.45) is 0.0184. The summed E-state index contributed by atoms with van der Waals surface area (Å²) in [4.78, 5) is 13.1. The molecule has 5 heteroatoms. The molecule has 1 aromatic carbocycles. The Hall–Kier alpha value is -1.59. The smallest absolute Gasteiger partial charge is 0.414 e. The van der Waals surface area contributed by atoms with Crippen molar-refractivity contribution in [3.63, 3.8) is 0 Å². The zero-order valence-electron chi connectivity index (χ0n) is 10.3. The minimum atomic E-state index is -0.425. The van der Waals surface area contributed by atoms with Crippen molar-refractivity contribution in [2.75, 3.05) is 31.8 Å². The largest absolute Gasteiger partial charge is 0.441 e. The van der Waals surface area contributed by atoms with Crippen molar-refractivity contribution in [1.82, 2.24) is 0 Å². The van der Waals surface area contributed by atoms with Gasteiger partial charge in [0.15, 0.2) is 0 Å². The highest BCUT2D eigenvalue weighted by Gasteiger charge is 2.31. The van der Waals surface area contributed by atoms with Gasteiger partial charge in [-0.15, -0.1) is 0 Å². The number of aliphatic hydroxyl groups is 1. The molecule has 0 saturated carbocycles. The predicted molar refractivity (Wildman–Crippen MR) is 66.7 cm³/mol. The molecule has 1 N–H and O–H groups in total. The molecular formula is C13H17NO4. The Kier molecular flexibility index (Phi) is 4.17. The molecule has 0 radical (unpaired) electrons. The van der Waals surface area contributed by atoms with Crippen LogP contribution in [-0.4, -0.2) is 44.2 Å². The van der Waals surface area contributed by atoms with Crippen LogP contribution in [0.2, 0.25) is 0 Å². The number of aliphatic hydroxyl groups excluding tert-OH is 1. The van der Waals surface area contributed by atoms with E-state index in [1.807, 2.05) is 24.3 Å². The molecular weight excluding hydrogens is 234 g/mol. The van der Waals surface area contributed by atoms with Crippen molar-refractivity contribution >= 4 is 11.8 Å². The number of carbonyl (C=O) groups excluding carboxylic acids is 1. The van der Waals surface area contributed by atoms with Crippen LogP contribution >= 0.6 is 0 Å². The molecule has 0 aromatic heterocycles. The number of carbonyl (C=O) groups is 1. The van der Waals surface area contributed by atoms with Gasteiger partial charge in [0.2, 0.25) is 0 Å². The van der Waals surface area contributed by atoms with E-state index in [-0.39, 0.29) is 6.61 Å². The van der Waals surface area contributed by atoms with E-state index in [0.29, 0.717) is 13.2 Å². The van der Waals surface area contributed by atoms with E-state index in [0.717, 1.165) is 17.7 Å². The number of hydrogen-bond acceptors (Lipinski definition) is 4. The second kappa shape index (κ2) is 5.84. The van der Waals surface area contributed by atoms with E-state index in [4.69, 9.17) is 14.6 Å². The van der Waals surface area contributed by atoms with Crippen LogP contribution in [0, 0.1) is 0 Å². The molecule has 1 aromatic rings. The third kappa shape index (κ3) is 2.80. The highest BCUT2D eigenvalue weighted by Crippen LogP contribution is 2.22. The molecule has 98 valence electrons. The highest BCUT2D eigenvalue weighted by molar-refractivity contribution is 5.89. The molecule has 1 amide bonds. The van der Waals surface area contributed by atoms with Crippen molar-refractivity contribution in [2.24, 2.45) is 0 Å². The fourth-order valence-electron chi connectivity index (χ4n) is 1.89. The number of methoxy groups -OCH3 is 1. The maximum absolute atomic E-state index is 11.6. The molecule has 2 rings (SSSR count). The van der Waals surface area contributed by atoms with Crippen LogP contribution in [0.15, 0.2) is 24.3 Å². The van der Waals surface area contributed by atoms with Gasteiger partial charge in [-0.1, -0.05) is 12.1 Å². The summed E-state index contributed by atoms with van der Waals surface area (Å²) in [5.74, 6) is 0. The number of cyclic esters (lactones) is 1. The quantitative estimate of drug-likeness (QED) is 0.854. The molecule has 1 heterocycles. The van der Waals surface area contributed by atoms with Gasteiger partial charge < -0.3 is 14.6 Å². The molecule has 0 bridgehead atoms. The number of benzene rings is 1. The number of rotatable bonds is 5. The summed E-state index contributed by atoms with van der Waals surface area (Å²) in [5, 5.41) is 8.97. The van der Waals surface area contributed by atoms with Crippen molar-refractivity contribution < 1.29 is 19.4 Å². The zero-order valence-corrected chi connectivity index (χ0v) is 10.3. The Bertz CT molecular complexity index is 404. The van der Waals surface area contributed by atoms with Gasteiger partial charge >= 0.3 is 6.09 Å². The second-order valence-electron chi connectivity index (χ2n) is 4.21. The van der Waals surface area contributed by atoms with Gasteiger partial charge in [0, 0.05) is 12.8 Å². The first-order chi connectivity index (χ1) is 8.74. The Balaban J connectivity index is 2.03. The Labute approximate surface area is 106 Å². The molecule has 0 aliphatic carbocycles. The van der Waals surface area contributed by atoms with E-state index in [1.165, 1.54) is 4.90 Å². The molecule has 1 fully saturated rings. The van der Waals surface area contributed by atoms with Gasteiger partial charge in [-0.2, -0.15) is 0 Å². The van der Waals surface area contributed by atoms with Gasteiger partial charge in [0.1, 0.15) is 6.10 Å². The lowest BCUT2D eigenvalue weighted by molar-refractivity contribution is 0.0963. The predicted octanol–water partition coefficient (Wildman–Crippen LogP) is 1.19. The van der Waals surface area contributed by atoms with Crippen LogP contribution < -0.4 is 4.90 Å². The lowest BCUT2D eigenvalue weighted by Gasteiger charge is -2.13. The minimum Gasteiger partial charge on any atom is -0.441 e. The van der Waals surface area contributed by atoms with Crippen LogP contribution in [0.5, 0.6) is 0 Å². The SMILES string of the molecule is COCCc1ccc(N2C[C@H](CO)OC2=O)cc1. The number of ether oxygens (including phenoxy) is 2. The fraction of sp³-hybridized carbons (Fsp3) is 0.462. The summed E-state index contributed by atoms with van der Waals surface area (Å²) in [7, 11) is 1.67. The number of nitrogens with zero attached hydrogens (tertiary/aromatic N) is 1. The minimum absolute atomic E-state index is 0.145. The monoisotopic (exact) mass is 251 g/mol. The molecule has 5 nitrogen and oxygen atoms in total. The molecule has 18 heavy (non-hydrogen) atoms. The van der Waals surface area contributed by atoms with E-state index < -0.39 is 12.2 Å². The van der Waals surface area contributed by atoms with E-state index in [1.54, 1.807) is 7.11 Å². The van der Waals surface area contributed by atoms with Gasteiger partial charge in [-0.25, -0.2) is 4.79 Å². The third-order valence-corrected chi connectivity index (χ3v) is 2.92. The summed E-state index contributed by atoms with van der Waals surface area (Å²) in [5.41, 5.74) is 1.95. The molecule has 0 unspecified atom stereocenters. The summed E-state index contributed by atoms with van der Waals surface area (Å²) < 4.78 is 10.00. The Morgan fingerprint density at radius 2 is 2.17 bits per heavy atom. The Morgan fingerprint density at radius 1 is 1.44 bits per heavy atom. The summed E-state index contributed by atoms with van der Waals surface area (Å²) in [6.45, 7) is 0.929. The van der Waals surface area contributed by atoms with Gasteiger partial charge in [-0.05, 0) is 24.1 Å². The lowest BCUT2D eigenvalue weighted by Crippen LogP contribution is -2.25. The first-order valence-corrected chi connectivity index (χ1v) is 5.91. The van der Waals surface area contributed by atoms with Crippen LogP contribution in [0.3, 0.4) is 0 Å². The van der Waals surface area contributed by atoms with Crippen molar-refractivity contribution in [1.29, 1.82) is 0 Å². The van der Waals surface area contributed by atoms with Gasteiger partial charge in [-0.3, -0.25) is 4.90 Å². The van der Waals surface area contributed by atoms with Crippen molar-refractivity contribution in [3.8, 4) is 0 Å². The summed E-state index contributed by atoms with van der Waals surface area (Å²) >= 11 is 0. The number of anilines is 1. The molecule has 1 aliphatic heterocycles. The molecule has 1 aliphatic rings. The topological polar surface area (TPSA) is 59.0 Å². The van der Waals surface area contributed by atoms with Crippen molar-refractivity contribution in [3.05, 3.63) is 29.8 Å². The molecule has 0 spiro atoms. The van der Waals surface area contributed by atoms with E-state index in [9.17, 15) is 4.79 Å². The molecule has 1 atom stereocenters. The first-order valence-electron chi connectivity index (χ1n) is 5.91. The first kappa shape index (κ1) is 12.9. The fourth-order valence-corrected chi connectivity index (χ4v) is 1.89. The summed E-state index contributed by atoms with van der Waals surface area (Å²) in [6, 6.07) is 7.69. The van der Waals surface area contributed by atoms with Gasteiger partial charge in [0.25, 0.3) is 0 Å².